The molecule has 0 radical (unpaired) electrons. The van der Waals surface area contributed by atoms with E-state index in [4.69, 9.17) is 22.7 Å². The molecule has 1 aromatic rings. The third kappa shape index (κ3) is 5.06. The fourth-order valence-electron chi connectivity index (χ4n) is 1.70. The van der Waals surface area contributed by atoms with Gasteiger partial charge < -0.3 is 10.5 Å². The highest BCUT2D eigenvalue weighted by Gasteiger charge is 2.31. The standard InChI is InChI=1S/C13H16F3NOS/c1-2-18-11-7-6-10(13(14,15)16)8-9(11)4-3-5-12(17)19/h6-8H,2-5H2,1H3,(H2,17,19). The Bertz CT molecular complexity index is 446. The second-order valence-electron chi connectivity index (χ2n) is 4.07. The highest BCUT2D eigenvalue weighted by Crippen LogP contribution is 2.33. The third-order valence-corrected chi connectivity index (χ3v) is 2.76. The number of thiocarbonyl (C=S) groups is 1. The summed E-state index contributed by atoms with van der Waals surface area (Å²) in [6, 6.07) is 3.52. The van der Waals surface area contributed by atoms with Gasteiger partial charge in [0.2, 0.25) is 0 Å². The fraction of sp³-hybridized carbons (Fsp3) is 0.462. The van der Waals surface area contributed by atoms with Crippen molar-refractivity contribution in [3.8, 4) is 5.75 Å². The van der Waals surface area contributed by atoms with Crippen LogP contribution in [0.4, 0.5) is 13.2 Å². The van der Waals surface area contributed by atoms with Crippen molar-refractivity contribution in [1.82, 2.24) is 0 Å². The molecule has 19 heavy (non-hydrogen) atoms. The predicted molar refractivity (Wildman–Crippen MR) is 72.3 cm³/mol. The van der Waals surface area contributed by atoms with Gasteiger partial charge in [0, 0.05) is 0 Å². The number of rotatable bonds is 6. The van der Waals surface area contributed by atoms with Gasteiger partial charge in [-0.2, -0.15) is 13.2 Å². The van der Waals surface area contributed by atoms with E-state index in [1.54, 1.807) is 6.92 Å². The van der Waals surface area contributed by atoms with Crippen LogP contribution >= 0.6 is 12.2 Å². The molecule has 0 atom stereocenters. The maximum absolute atomic E-state index is 12.7. The van der Waals surface area contributed by atoms with Gasteiger partial charge in [-0.15, -0.1) is 0 Å². The molecule has 0 bridgehead atoms. The lowest BCUT2D eigenvalue weighted by Gasteiger charge is -2.13. The van der Waals surface area contributed by atoms with Crippen LogP contribution in [0.15, 0.2) is 18.2 Å². The summed E-state index contributed by atoms with van der Waals surface area (Å²) >= 11 is 4.75. The highest BCUT2D eigenvalue weighted by molar-refractivity contribution is 7.80. The van der Waals surface area contributed by atoms with Crippen molar-refractivity contribution in [2.45, 2.75) is 32.4 Å². The Morgan fingerprint density at radius 2 is 2.05 bits per heavy atom. The van der Waals surface area contributed by atoms with Crippen LogP contribution in [0.25, 0.3) is 0 Å². The summed E-state index contributed by atoms with van der Waals surface area (Å²) in [4.78, 5) is 0.366. The SMILES string of the molecule is CCOc1ccc(C(F)(F)F)cc1CCCC(N)=S. The number of hydrogen-bond acceptors (Lipinski definition) is 2. The normalized spacial score (nSPS) is 11.4. The average molecular weight is 291 g/mol. The molecule has 0 aliphatic heterocycles. The van der Waals surface area contributed by atoms with Gasteiger partial charge in [-0.3, -0.25) is 0 Å². The zero-order valence-electron chi connectivity index (χ0n) is 10.6. The van der Waals surface area contributed by atoms with E-state index in [2.05, 4.69) is 0 Å². The molecule has 1 rings (SSSR count). The largest absolute Gasteiger partial charge is 0.494 e. The molecular weight excluding hydrogens is 275 g/mol. The summed E-state index contributed by atoms with van der Waals surface area (Å²) in [6.07, 6.45) is -2.77. The first kappa shape index (κ1) is 15.8. The number of halogens is 3. The molecule has 0 spiro atoms. The minimum atomic E-state index is -4.34. The summed E-state index contributed by atoms with van der Waals surface area (Å²) < 4.78 is 43.3. The van der Waals surface area contributed by atoms with E-state index in [0.29, 0.717) is 42.2 Å². The van der Waals surface area contributed by atoms with Crippen molar-refractivity contribution in [2.75, 3.05) is 6.61 Å². The van der Waals surface area contributed by atoms with Crippen molar-refractivity contribution in [2.24, 2.45) is 5.73 Å². The van der Waals surface area contributed by atoms with Crippen LogP contribution in [-0.4, -0.2) is 11.6 Å². The maximum Gasteiger partial charge on any atom is 0.416 e. The summed E-state index contributed by atoms with van der Waals surface area (Å²) in [5.74, 6) is 0.485. The molecule has 0 aliphatic carbocycles. The topological polar surface area (TPSA) is 35.2 Å². The Morgan fingerprint density at radius 3 is 2.58 bits per heavy atom. The number of hydrogen-bond donors (Lipinski definition) is 1. The molecule has 0 aromatic heterocycles. The van der Waals surface area contributed by atoms with Crippen LogP contribution < -0.4 is 10.5 Å². The van der Waals surface area contributed by atoms with Crippen molar-refractivity contribution in [3.05, 3.63) is 29.3 Å². The minimum absolute atomic E-state index is 0.366. The Labute approximate surface area is 115 Å². The Balaban J connectivity index is 2.91. The van der Waals surface area contributed by atoms with Crippen LogP contribution in [0.5, 0.6) is 5.75 Å². The van der Waals surface area contributed by atoms with Gasteiger partial charge in [-0.25, -0.2) is 0 Å². The Kier molecular flexibility index (Phi) is 5.60. The first-order valence-electron chi connectivity index (χ1n) is 5.95. The lowest BCUT2D eigenvalue weighted by Crippen LogP contribution is -2.09. The molecule has 0 amide bonds. The van der Waals surface area contributed by atoms with E-state index in [9.17, 15) is 13.2 Å². The van der Waals surface area contributed by atoms with Crippen LogP contribution in [-0.2, 0) is 12.6 Å². The van der Waals surface area contributed by atoms with E-state index in [0.717, 1.165) is 12.1 Å². The number of alkyl halides is 3. The molecule has 2 N–H and O–H groups in total. The monoisotopic (exact) mass is 291 g/mol. The number of nitrogens with two attached hydrogens (primary N) is 1. The molecule has 0 fully saturated rings. The molecule has 0 heterocycles. The molecule has 1 aromatic carbocycles. The van der Waals surface area contributed by atoms with Crippen molar-refractivity contribution < 1.29 is 17.9 Å². The summed E-state index contributed by atoms with van der Waals surface area (Å²) in [7, 11) is 0. The maximum atomic E-state index is 12.7. The van der Waals surface area contributed by atoms with Gasteiger partial charge in [0.1, 0.15) is 5.75 Å². The number of benzene rings is 1. The second-order valence-corrected chi connectivity index (χ2v) is 4.60. The van der Waals surface area contributed by atoms with Crippen molar-refractivity contribution in [1.29, 1.82) is 0 Å². The van der Waals surface area contributed by atoms with Gasteiger partial charge >= 0.3 is 6.18 Å². The molecule has 0 saturated heterocycles. The molecule has 2 nitrogen and oxygen atoms in total. The molecule has 0 aliphatic rings. The number of ether oxygens (including phenoxy) is 1. The van der Waals surface area contributed by atoms with Gasteiger partial charge in [0.15, 0.2) is 0 Å². The zero-order valence-corrected chi connectivity index (χ0v) is 11.4. The molecule has 0 unspecified atom stereocenters. The van der Waals surface area contributed by atoms with Gasteiger partial charge in [0.05, 0.1) is 17.2 Å². The fourth-order valence-corrected chi connectivity index (χ4v) is 1.84. The first-order valence-corrected chi connectivity index (χ1v) is 6.36. The summed E-state index contributed by atoms with van der Waals surface area (Å²) in [5.41, 5.74) is 5.24. The van der Waals surface area contributed by atoms with Crippen LogP contribution in [0.1, 0.15) is 30.9 Å². The van der Waals surface area contributed by atoms with Crippen LogP contribution in [0.2, 0.25) is 0 Å². The third-order valence-electron chi connectivity index (χ3n) is 2.56. The number of aryl methyl sites for hydroxylation is 1. The van der Waals surface area contributed by atoms with Crippen LogP contribution in [0.3, 0.4) is 0 Å². The summed E-state index contributed by atoms with van der Waals surface area (Å²) in [5, 5.41) is 0. The molecule has 0 saturated carbocycles. The predicted octanol–water partition coefficient (Wildman–Crippen LogP) is 3.71. The average Bonchev–Trinajstić information content (AvgIpc) is 2.29. The lowest BCUT2D eigenvalue weighted by molar-refractivity contribution is -0.137. The molecule has 6 heteroatoms. The zero-order chi connectivity index (χ0) is 14.5. The Morgan fingerprint density at radius 1 is 1.37 bits per heavy atom. The van der Waals surface area contributed by atoms with Gasteiger partial charge in [0.25, 0.3) is 0 Å². The van der Waals surface area contributed by atoms with Crippen molar-refractivity contribution in [3.63, 3.8) is 0 Å². The Hall–Kier alpha value is -1.30. The van der Waals surface area contributed by atoms with Crippen molar-refractivity contribution >= 4 is 17.2 Å². The molecular formula is C13H16F3NOS. The smallest absolute Gasteiger partial charge is 0.416 e. The summed E-state index contributed by atoms with van der Waals surface area (Å²) in [6.45, 7) is 2.20. The lowest BCUT2D eigenvalue weighted by atomic mass is 10.0. The van der Waals surface area contributed by atoms with E-state index in [-0.39, 0.29) is 0 Å². The highest BCUT2D eigenvalue weighted by atomic mass is 32.1. The quantitative estimate of drug-likeness (QED) is 0.811. The van der Waals surface area contributed by atoms with E-state index < -0.39 is 11.7 Å². The van der Waals surface area contributed by atoms with E-state index in [1.165, 1.54) is 6.07 Å². The van der Waals surface area contributed by atoms with Gasteiger partial charge in [-0.1, -0.05) is 12.2 Å². The van der Waals surface area contributed by atoms with Gasteiger partial charge in [-0.05, 0) is 49.9 Å². The minimum Gasteiger partial charge on any atom is -0.494 e. The van der Waals surface area contributed by atoms with E-state index in [1.807, 2.05) is 0 Å². The first-order chi connectivity index (χ1) is 8.84. The van der Waals surface area contributed by atoms with E-state index >= 15 is 0 Å². The van der Waals surface area contributed by atoms with Crippen LogP contribution in [0, 0.1) is 0 Å². The second kappa shape index (κ2) is 6.75. The molecule has 106 valence electrons.